The van der Waals surface area contributed by atoms with Crippen molar-refractivity contribution in [2.45, 2.75) is 59.0 Å². The third-order valence-corrected chi connectivity index (χ3v) is 1.71. The van der Waals surface area contributed by atoms with Crippen molar-refractivity contribution >= 4 is 5.78 Å². The first-order valence-corrected chi connectivity index (χ1v) is 4.51. The molecule has 2 nitrogen and oxygen atoms in total. The summed E-state index contributed by atoms with van der Waals surface area (Å²) in [7, 11) is 0. The zero-order chi connectivity index (χ0) is 9.99. The van der Waals surface area contributed by atoms with Gasteiger partial charge in [-0.15, -0.1) is 0 Å². The highest BCUT2D eigenvalue weighted by atomic mass is 16.1. The summed E-state index contributed by atoms with van der Waals surface area (Å²) < 4.78 is 0. The van der Waals surface area contributed by atoms with E-state index < -0.39 is 5.54 Å². The molecule has 0 radical (unpaired) electrons. The Morgan fingerprint density at radius 3 is 1.83 bits per heavy atom. The van der Waals surface area contributed by atoms with Crippen molar-refractivity contribution in [3.63, 3.8) is 0 Å². The summed E-state index contributed by atoms with van der Waals surface area (Å²) in [5.41, 5.74) is -0.401. The molecule has 0 fully saturated rings. The predicted octanol–water partition coefficient (Wildman–Crippen LogP) is 2.13. The summed E-state index contributed by atoms with van der Waals surface area (Å²) in [5, 5.41) is 3.30. The topological polar surface area (TPSA) is 29.1 Å². The monoisotopic (exact) mass is 171 g/mol. The Labute approximate surface area is 75.7 Å². The van der Waals surface area contributed by atoms with Crippen LogP contribution in [0.15, 0.2) is 0 Å². The quantitative estimate of drug-likeness (QED) is 0.705. The summed E-state index contributed by atoms with van der Waals surface area (Å²) in [4.78, 5) is 11.4. The molecule has 0 bridgehead atoms. The molecule has 0 rings (SSSR count). The Morgan fingerprint density at radius 1 is 1.17 bits per heavy atom. The molecular formula is C10H21NO. The van der Waals surface area contributed by atoms with Gasteiger partial charge in [-0.05, 0) is 34.6 Å². The molecule has 0 saturated carbocycles. The second kappa shape index (κ2) is 3.56. The molecule has 72 valence electrons. The zero-order valence-electron chi connectivity index (χ0n) is 9.12. The number of hydrogen-bond donors (Lipinski definition) is 1. The van der Waals surface area contributed by atoms with Crippen LogP contribution in [0.1, 0.15) is 48.0 Å². The van der Waals surface area contributed by atoms with Crippen molar-refractivity contribution in [1.82, 2.24) is 5.32 Å². The molecule has 12 heavy (non-hydrogen) atoms. The van der Waals surface area contributed by atoms with Gasteiger partial charge in [-0.2, -0.15) is 0 Å². The minimum absolute atomic E-state index is 0.00562. The highest BCUT2D eigenvalue weighted by Crippen LogP contribution is 2.12. The second-order valence-electron chi connectivity index (χ2n) is 4.78. The normalized spacial score (nSPS) is 13.2. The largest absolute Gasteiger partial charge is 0.301 e. The molecule has 0 aromatic carbocycles. The van der Waals surface area contributed by atoms with Crippen molar-refractivity contribution in [2.75, 3.05) is 0 Å². The summed E-state index contributed by atoms with van der Waals surface area (Å²) in [5.74, 6) is 0.262. The highest BCUT2D eigenvalue weighted by Gasteiger charge is 2.29. The van der Waals surface area contributed by atoms with Crippen LogP contribution in [0, 0.1) is 0 Å². The molecule has 0 heterocycles. The lowest BCUT2D eigenvalue weighted by Gasteiger charge is -2.33. The Morgan fingerprint density at radius 2 is 1.58 bits per heavy atom. The van der Waals surface area contributed by atoms with Crippen LogP contribution >= 0.6 is 0 Å². The lowest BCUT2D eigenvalue weighted by Crippen LogP contribution is -2.54. The number of carbonyl (C=O) groups excluding carboxylic acids is 1. The molecule has 0 aromatic heterocycles. The van der Waals surface area contributed by atoms with E-state index in [1.165, 1.54) is 0 Å². The van der Waals surface area contributed by atoms with Gasteiger partial charge in [0.25, 0.3) is 0 Å². The fraction of sp³-hybridized carbons (Fsp3) is 0.900. The number of Topliss-reactive ketones (excluding diaryl/α,β-unsaturated/α-hetero) is 1. The van der Waals surface area contributed by atoms with Gasteiger partial charge in [-0.1, -0.05) is 6.92 Å². The molecular weight excluding hydrogens is 150 g/mol. The molecule has 0 aliphatic rings. The molecule has 0 aliphatic carbocycles. The maximum atomic E-state index is 11.4. The van der Waals surface area contributed by atoms with Crippen molar-refractivity contribution in [3.8, 4) is 0 Å². The molecule has 0 aliphatic heterocycles. The average molecular weight is 171 g/mol. The lowest BCUT2D eigenvalue weighted by atomic mass is 9.93. The fourth-order valence-corrected chi connectivity index (χ4v) is 1.45. The van der Waals surface area contributed by atoms with Crippen molar-refractivity contribution < 1.29 is 4.79 Å². The van der Waals surface area contributed by atoms with Crippen molar-refractivity contribution in [1.29, 1.82) is 0 Å². The van der Waals surface area contributed by atoms with E-state index in [9.17, 15) is 4.79 Å². The summed E-state index contributed by atoms with van der Waals surface area (Å²) in [6.07, 6.45) is 0.593. The molecule has 0 aromatic rings. The first kappa shape index (κ1) is 11.6. The van der Waals surface area contributed by atoms with Gasteiger partial charge in [-0.3, -0.25) is 4.79 Å². The maximum absolute atomic E-state index is 11.4. The van der Waals surface area contributed by atoms with Crippen LogP contribution in [-0.2, 0) is 4.79 Å². The Kier molecular flexibility index (Phi) is 3.45. The van der Waals surface area contributed by atoms with Gasteiger partial charge < -0.3 is 5.32 Å². The van der Waals surface area contributed by atoms with Gasteiger partial charge in [0.2, 0.25) is 0 Å². The van der Waals surface area contributed by atoms with E-state index in [0.717, 1.165) is 0 Å². The second-order valence-corrected chi connectivity index (χ2v) is 4.78. The average Bonchev–Trinajstić information content (AvgIpc) is 1.80. The Balaban J connectivity index is 4.32. The van der Waals surface area contributed by atoms with E-state index in [1.807, 2.05) is 20.8 Å². The van der Waals surface area contributed by atoms with Crippen LogP contribution in [0.25, 0.3) is 0 Å². The number of nitrogens with one attached hydrogen (secondary N) is 1. The number of hydrogen-bond acceptors (Lipinski definition) is 2. The maximum Gasteiger partial charge on any atom is 0.152 e. The smallest absolute Gasteiger partial charge is 0.152 e. The van der Waals surface area contributed by atoms with Gasteiger partial charge in [0, 0.05) is 12.0 Å². The number of rotatable bonds is 3. The first-order valence-electron chi connectivity index (χ1n) is 4.51. The first-order chi connectivity index (χ1) is 5.19. The molecule has 2 heteroatoms. The Bertz CT molecular complexity index is 165. The van der Waals surface area contributed by atoms with Crippen molar-refractivity contribution in [3.05, 3.63) is 0 Å². The molecule has 0 spiro atoms. The van der Waals surface area contributed by atoms with E-state index in [2.05, 4.69) is 26.1 Å². The number of carbonyl (C=O) groups is 1. The molecule has 0 unspecified atom stereocenters. The van der Waals surface area contributed by atoms with Gasteiger partial charge in [-0.25, -0.2) is 0 Å². The highest BCUT2D eigenvalue weighted by molar-refractivity contribution is 5.87. The minimum Gasteiger partial charge on any atom is -0.301 e. The summed E-state index contributed by atoms with van der Waals surface area (Å²) >= 11 is 0. The number of ketones is 1. The van der Waals surface area contributed by atoms with Crippen LogP contribution in [0.4, 0.5) is 0 Å². The van der Waals surface area contributed by atoms with Crippen molar-refractivity contribution in [2.24, 2.45) is 0 Å². The summed E-state index contributed by atoms with van der Waals surface area (Å²) in [6, 6.07) is 0. The standard InChI is InChI=1S/C10H21NO/c1-7-8(12)10(5,6)11-9(2,3)4/h11H,7H2,1-6H3. The third-order valence-electron chi connectivity index (χ3n) is 1.71. The molecule has 0 saturated heterocycles. The van der Waals surface area contributed by atoms with E-state index in [1.54, 1.807) is 0 Å². The van der Waals surface area contributed by atoms with E-state index in [-0.39, 0.29) is 11.3 Å². The van der Waals surface area contributed by atoms with Gasteiger partial charge in [0.05, 0.1) is 5.54 Å². The Hall–Kier alpha value is -0.370. The van der Waals surface area contributed by atoms with Crippen LogP contribution in [0.3, 0.4) is 0 Å². The van der Waals surface area contributed by atoms with Crippen LogP contribution in [0.2, 0.25) is 0 Å². The lowest BCUT2D eigenvalue weighted by molar-refractivity contribution is -0.124. The SMILES string of the molecule is CCC(=O)C(C)(C)NC(C)(C)C. The molecule has 0 atom stereocenters. The van der Waals surface area contributed by atoms with Crippen LogP contribution < -0.4 is 5.32 Å². The molecule has 0 amide bonds. The van der Waals surface area contributed by atoms with Gasteiger partial charge >= 0.3 is 0 Å². The van der Waals surface area contributed by atoms with E-state index in [4.69, 9.17) is 0 Å². The minimum atomic E-state index is -0.396. The van der Waals surface area contributed by atoms with Crippen LogP contribution in [0.5, 0.6) is 0 Å². The molecule has 1 N–H and O–H groups in total. The fourth-order valence-electron chi connectivity index (χ4n) is 1.45. The van der Waals surface area contributed by atoms with Crippen LogP contribution in [-0.4, -0.2) is 16.9 Å². The third kappa shape index (κ3) is 3.86. The van der Waals surface area contributed by atoms with E-state index >= 15 is 0 Å². The predicted molar refractivity (Wildman–Crippen MR) is 52.3 cm³/mol. The summed E-state index contributed by atoms with van der Waals surface area (Å²) in [6.45, 7) is 12.0. The zero-order valence-corrected chi connectivity index (χ0v) is 9.12. The van der Waals surface area contributed by atoms with Gasteiger partial charge in [0.1, 0.15) is 0 Å². The van der Waals surface area contributed by atoms with Gasteiger partial charge in [0.15, 0.2) is 5.78 Å². The van der Waals surface area contributed by atoms with E-state index in [0.29, 0.717) is 6.42 Å².